The fourth-order valence-corrected chi connectivity index (χ4v) is 1.89. The Labute approximate surface area is 103 Å². The Bertz CT molecular complexity index is 396. The van der Waals surface area contributed by atoms with E-state index in [1.165, 1.54) is 12.1 Å². The van der Waals surface area contributed by atoms with E-state index in [2.05, 4.69) is 0 Å². The van der Waals surface area contributed by atoms with E-state index >= 15 is 0 Å². The molecule has 0 spiro atoms. The molecule has 1 aromatic rings. The van der Waals surface area contributed by atoms with Gasteiger partial charge in [-0.25, -0.2) is 4.39 Å². The van der Waals surface area contributed by atoms with Gasteiger partial charge in [-0.3, -0.25) is 4.79 Å². The molecule has 1 aromatic carbocycles. The molecular weight excluding hydrogens is 247 g/mol. The van der Waals surface area contributed by atoms with Gasteiger partial charge in [-0.1, -0.05) is 17.7 Å². The van der Waals surface area contributed by atoms with Gasteiger partial charge in [0.25, 0.3) is 0 Å². The zero-order valence-corrected chi connectivity index (χ0v) is 9.87. The summed E-state index contributed by atoms with van der Waals surface area (Å²) < 4.78 is 23.8. The van der Waals surface area contributed by atoms with Gasteiger partial charge in [-0.05, 0) is 12.1 Å². The Morgan fingerprint density at radius 1 is 1.47 bits per heavy atom. The number of rotatable bonds is 3. The fraction of sp³-hybridized carbons (Fsp3) is 0.417. The van der Waals surface area contributed by atoms with Gasteiger partial charge in [0.1, 0.15) is 11.9 Å². The van der Waals surface area contributed by atoms with Crippen molar-refractivity contribution in [3.05, 3.63) is 34.6 Å². The number of hydrogen-bond donors (Lipinski definition) is 0. The summed E-state index contributed by atoms with van der Waals surface area (Å²) in [5.41, 5.74) is 0.216. The summed E-state index contributed by atoms with van der Waals surface area (Å²) in [5, 5.41) is 0.259. The van der Waals surface area contributed by atoms with Crippen LogP contribution in [-0.4, -0.2) is 31.7 Å². The third-order valence-electron chi connectivity index (χ3n) is 2.59. The summed E-state index contributed by atoms with van der Waals surface area (Å²) in [7, 11) is 0. The van der Waals surface area contributed by atoms with Crippen LogP contribution in [0.5, 0.6) is 0 Å². The molecule has 0 N–H and O–H groups in total. The molecule has 17 heavy (non-hydrogen) atoms. The summed E-state index contributed by atoms with van der Waals surface area (Å²) in [6.07, 6.45) is -0.682. The summed E-state index contributed by atoms with van der Waals surface area (Å²) in [6, 6.07) is 4.35. The first-order chi connectivity index (χ1) is 8.18. The molecule has 1 heterocycles. The minimum absolute atomic E-state index is 0.0699. The molecule has 0 saturated carbocycles. The highest BCUT2D eigenvalue weighted by Crippen LogP contribution is 2.20. The number of hydrogen-bond acceptors (Lipinski definition) is 3. The van der Waals surface area contributed by atoms with Crippen LogP contribution < -0.4 is 0 Å². The molecule has 0 aromatic heterocycles. The summed E-state index contributed by atoms with van der Waals surface area (Å²) in [5.74, 6) is -0.681. The van der Waals surface area contributed by atoms with Gasteiger partial charge in [0.15, 0.2) is 5.78 Å². The lowest BCUT2D eigenvalue weighted by Gasteiger charge is -2.21. The maximum Gasteiger partial charge on any atom is 0.168 e. The van der Waals surface area contributed by atoms with Gasteiger partial charge in [0, 0.05) is 17.0 Å². The van der Waals surface area contributed by atoms with Crippen molar-refractivity contribution in [3.63, 3.8) is 0 Å². The molecule has 2 rings (SSSR count). The molecule has 5 heteroatoms. The predicted molar refractivity (Wildman–Crippen MR) is 60.7 cm³/mol. The van der Waals surface area contributed by atoms with E-state index in [4.69, 9.17) is 21.1 Å². The number of benzene rings is 1. The molecular formula is C12H12ClFO3. The Kier molecular flexibility index (Phi) is 4.10. The van der Waals surface area contributed by atoms with Crippen molar-refractivity contribution in [1.82, 2.24) is 0 Å². The molecule has 0 radical (unpaired) electrons. The normalized spacial score (nSPS) is 20.2. The molecule has 1 atom stereocenters. The van der Waals surface area contributed by atoms with Crippen LogP contribution in [0, 0.1) is 5.82 Å². The lowest BCUT2D eigenvalue weighted by atomic mass is 10.0. The van der Waals surface area contributed by atoms with Gasteiger partial charge in [0.2, 0.25) is 0 Å². The molecule has 3 nitrogen and oxygen atoms in total. The predicted octanol–water partition coefficient (Wildman–Crippen LogP) is 2.01. The second-order valence-electron chi connectivity index (χ2n) is 3.78. The SMILES string of the molecule is O=C(Cc1c(F)cccc1Cl)C1COCCO1. The van der Waals surface area contributed by atoms with Gasteiger partial charge in [-0.15, -0.1) is 0 Å². The Morgan fingerprint density at radius 2 is 2.29 bits per heavy atom. The molecule has 1 aliphatic rings. The van der Waals surface area contributed by atoms with Gasteiger partial charge >= 0.3 is 0 Å². The van der Waals surface area contributed by atoms with Gasteiger partial charge in [0.05, 0.1) is 19.8 Å². The van der Waals surface area contributed by atoms with Crippen molar-refractivity contribution >= 4 is 17.4 Å². The number of halogens is 2. The topological polar surface area (TPSA) is 35.5 Å². The molecule has 92 valence electrons. The van der Waals surface area contributed by atoms with Crippen LogP contribution in [-0.2, 0) is 20.7 Å². The average molecular weight is 259 g/mol. The monoisotopic (exact) mass is 258 g/mol. The van der Waals surface area contributed by atoms with Crippen LogP contribution in [0.15, 0.2) is 18.2 Å². The van der Waals surface area contributed by atoms with Crippen molar-refractivity contribution in [2.24, 2.45) is 0 Å². The van der Waals surface area contributed by atoms with Crippen LogP contribution >= 0.6 is 11.6 Å². The molecule has 1 unspecified atom stereocenters. The molecule has 0 bridgehead atoms. The molecule has 0 aliphatic carbocycles. The van der Waals surface area contributed by atoms with E-state index in [0.29, 0.717) is 13.2 Å². The first-order valence-corrected chi connectivity index (χ1v) is 5.71. The number of Topliss-reactive ketones (excluding diaryl/α,β-unsaturated/α-hetero) is 1. The quantitative estimate of drug-likeness (QED) is 0.832. The number of ketones is 1. The van der Waals surface area contributed by atoms with E-state index in [1.807, 2.05) is 0 Å². The zero-order chi connectivity index (χ0) is 12.3. The molecule has 1 aliphatic heterocycles. The second kappa shape index (κ2) is 5.58. The summed E-state index contributed by atoms with van der Waals surface area (Å²) >= 11 is 5.85. The minimum Gasteiger partial charge on any atom is -0.376 e. The first kappa shape index (κ1) is 12.5. The second-order valence-corrected chi connectivity index (χ2v) is 4.18. The molecule has 1 saturated heterocycles. The highest BCUT2D eigenvalue weighted by atomic mass is 35.5. The Morgan fingerprint density at radius 3 is 2.94 bits per heavy atom. The third kappa shape index (κ3) is 3.03. The standard InChI is InChI=1S/C12H12ClFO3/c13-9-2-1-3-10(14)8(9)6-11(15)12-7-16-4-5-17-12/h1-3,12H,4-7H2. The third-order valence-corrected chi connectivity index (χ3v) is 2.94. The first-order valence-electron chi connectivity index (χ1n) is 5.33. The highest BCUT2D eigenvalue weighted by molar-refractivity contribution is 6.31. The molecule has 0 amide bonds. The van der Waals surface area contributed by atoms with Crippen molar-refractivity contribution in [2.45, 2.75) is 12.5 Å². The van der Waals surface area contributed by atoms with E-state index in [9.17, 15) is 9.18 Å². The van der Waals surface area contributed by atoms with Crippen LogP contribution in [0.4, 0.5) is 4.39 Å². The smallest absolute Gasteiger partial charge is 0.168 e. The van der Waals surface area contributed by atoms with Crippen molar-refractivity contribution in [2.75, 3.05) is 19.8 Å². The Hall–Kier alpha value is -0.970. The van der Waals surface area contributed by atoms with Crippen molar-refractivity contribution < 1.29 is 18.7 Å². The van der Waals surface area contributed by atoms with E-state index in [-0.39, 0.29) is 29.4 Å². The average Bonchev–Trinajstić information content (AvgIpc) is 2.35. The van der Waals surface area contributed by atoms with Crippen LogP contribution in [0.1, 0.15) is 5.56 Å². The maximum atomic E-state index is 13.5. The Balaban J connectivity index is 2.07. The summed E-state index contributed by atoms with van der Waals surface area (Å²) in [6.45, 7) is 1.11. The minimum atomic E-state index is -0.612. The number of carbonyl (C=O) groups excluding carboxylic acids is 1. The van der Waals surface area contributed by atoms with Crippen LogP contribution in [0.3, 0.4) is 0 Å². The lowest BCUT2D eigenvalue weighted by molar-refractivity contribution is -0.144. The molecule has 1 fully saturated rings. The highest BCUT2D eigenvalue weighted by Gasteiger charge is 2.24. The lowest BCUT2D eigenvalue weighted by Crippen LogP contribution is -2.36. The van der Waals surface area contributed by atoms with E-state index in [0.717, 1.165) is 0 Å². The van der Waals surface area contributed by atoms with Crippen molar-refractivity contribution in [1.29, 1.82) is 0 Å². The largest absolute Gasteiger partial charge is 0.376 e. The van der Waals surface area contributed by atoms with E-state index in [1.54, 1.807) is 6.07 Å². The fourth-order valence-electron chi connectivity index (χ4n) is 1.66. The van der Waals surface area contributed by atoms with Gasteiger partial charge < -0.3 is 9.47 Å². The van der Waals surface area contributed by atoms with Gasteiger partial charge in [-0.2, -0.15) is 0 Å². The number of ether oxygens (including phenoxy) is 2. The van der Waals surface area contributed by atoms with Crippen LogP contribution in [0.25, 0.3) is 0 Å². The summed E-state index contributed by atoms with van der Waals surface area (Å²) in [4.78, 5) is 11.8. The van der Waals surface area contributed by atoms with Crippen LogP contribution in [0.2, 0.25) is 5.02 Å². The van der Waals surface area contributed by atoms with E-state index < -0.39 is 11.9 Å². The van der Waals surface area contributed by atoms with Crippen molar-refractivity contribution in [3.8, 4) is 0 Å². The maximum absolute atomic E-state index is 13.5. The zero-order valence-electron chi connectivity index (χ0n) is 9.12. The number of carbonyl (C=O) groups is 1.